The van der Waals surface area contributed by atoms with E-state index in [1.54, 1.807) is 7.11 Å². The molecule has 1 aromatic carbocycles. The molecule has 104 valence electrons. The molecule has 0 aromatic heterocycles. The summed E-state index contributed by atoms with van der Waals surface area (Å²) in [5, 5.41) is 6.92. The normalized spacial score (nSPS) is 17.9. The molecule has 2 N–H and O–H groups in total. The topological polar surface area (TPSA) is 50.4 Å². The summed E-state index contributed by atoms with van der Waals surface area (Å²) in [7, 11) is 1.66. The first-order chi connectivity index (χ1) is 9.22. The molecular formula is C14H19ClN2O2. The Labute approximate surface area is 118 Å². The largest absolute Gasteiger partial charge is 0.385 e. The lowest BCUT2D eigenvalue weighted by atomic mass is 9.90. The molecule has 4 nitrogen and oxygen atoms in total. The van der Waals surface area contributed by atoms with Crippen molar-refractivity contribution in [3.05, 3.63) is 34.3 Å². The van der Waals surface area contributed by atoms with Crippen molar-refractivity contribution in [2.75, 3.05) is 26.8 Å². The highest BCUT2D eigenvalue weighted by molar-refractivity contribution is 6.30. The molecule has 0 aliphatic carbocycles. The van der Waals surface area contributed by atoms with Crippen molar-refractivity contribution in [2.24, 2.45) is 0 Å². The van der Waals surface area contributed by atoms with Crippen LogP contribution in [0.25, 0.3) is 0 Å². The molecule has 5 heteroatoms. The Hall–Kier alpha value is -1.10. The van der Waals surface area contributed by atoms with E-state index >= 15 is 0 Å². The van der Waals surface area contributed by atoms with Crippen molar-refractivity contribution in [3.63, 3.8) is 0 Å². The summed E-state index contributed by atoms with van der Waals surface area (Å²) in [6, 6.07) is 5.73. The van der Waals surface area contributed by atoms with Gasteiger partial charge in [0.2, 0.25) is 5.91 Å². The lowest BCUT2D eigenvalue weighted by molar-refractivity contribution is -0.122. The van der Waals surface area contributed by atoms with Gasteiger partial charge in [0.05, 0.1) is 5.92 Å². The van der Waals surface area contributed by atoms with Crippen LogP contribution in [0.3, 0.4) is 0 Å². The van der Waals surface area contributed by atoms with Crippen molar-refractivity contribution < 1.29 is 9.53 Å². The summed E-state index contributed by atoms with van der Waals surface area (Å²) >= 11 is 5.98. The third-order valence-electron chi connectivity index (χ3n) is 3.29. The molecule has 0 fully saturated rings. The molecule has 1 aromatic rings. The van der Waals surface area contributed by atoms with Crippen molar-refractivity contribution in [2.45, 2.75) is 18.9 Å². The van der Waals surface area contributed by atoms with E-state index in [0.717, 1.165) is 24.1 Å². The first-order valence-corrected chi connectivity index (χ1v) is 6.86. The molecule has 0 spiro atoms. The molecule has 1 aliphatic heterocycles. The zero-order chi connectivity index (χ0) is 13.7. The fourth-order valence-electron chi connectivity index (χ4n) is 2.31. The second-order valence-corrected chi connectivity index (χ2v) is 5.10. The summed E-state index contributed by atoms with van der Waals surface area (Å²) in [4.78, 5) is 12.2. The van der Waals surface area contributed by atoms with E-state index in [-0.39, 0.29) is 11.8 Å². The first kappa shape index (κ1) is 14.3. The average molecular weight is 283 g/mol. The van der Waals surface area contributed by atoms with Crippen LogP contribution in [0, 0.1) is 0 Å². The maximum absolute atomic E-state index is 12.2. The summed E-state index contributed by atoms with van der Waals surface area (Å²) in [5.74, 6) is -0.0737. The Morgan fingerprint density at radius 2 is 2.42 bits per heavy atom. The van der Waals surface area contributed by atoms with E-state index < -0.39 is 0 Å². The minimum absolute atomic E-state index is 0.0619. The number of benzene rings is 1. The third kappa shape index (κ3) is 3.69. The molecule has 1 aliphatic rings. The number of nitrogens with one attached hydrogen (secondary N) is 2. The minimum atomic E-state index is -0.136. The van der Waals surface area contributed by atoms with Crippen molar-refractivity contribution >= 4 is 17.5 Å². The smallest absolute Gasteiger partial charge is 0.228 e. The van der Waals surface area contributed by atoms with Gasteiger partial charge < -0.3 is 15.4 Å². The lowest BCUT2D eigenvalue weighted by Crippen LogP contribution is -2.39. The molecule has 2 rings (SSSR count). The minimum Gasteiger partial charge on any atom is -0.385 e. The van der Waals surface area contributed by atoms with Crippen LogP contribution in [0.15, 0.2) is 18.2 Å². The van der Waals surface area contributed by atoms with Gasteiger partial charge in [-0.2, -0.15) is 0 Å². The van der Waals surface area contributed by atoms with Gasteiger partial charge in [0.1, 0.15) is 0 Å². The van der Waals surface area contributed by atoms with Gasteiger partial charge in [-0.25, -0.2) is 0 Å². The molecule has 0 radical (unpaired) electrons. The van der Waals surface area contributed by atoms with E-state index in [1.165, 1.54) is 0 Å². The number of hydrogen-bond donors (Lipinski definition) is 2. The van der Waals surface area contributed by atoms with Gasteiger partial charge in [0.15, 0.2) is 0 Å². The second-order valence-electron chi connectivity index (χ2n) is 4.66. The zero-order valence-corrected chi connectivity index (χ0v) is 11.8. The van der Waals surface area contributed by atoms with E-state index in [4.69, 9.17) is 16.3 Å². The van der Waals surface area contributed by atoms with Crippen LogP contribution in [-0.4, -0.2) is 32.7 Å². The van der Waals surface area contributed by atoms with E-state index in [1.807, 2.05) is 18.2 Å². The van der Waals surface area contributed by atoms with Crippen molar-refractivity contribution in [3.8, 4) is 0 Å². The number of carbonyl (C=O) groups is 1. The predicted octanol–water partition coefficient (Wildman–Crippen LogP) is 1.68. The summed E-state index contributed by atoms with van der Waals surface area (Å²) < 4.78 is 4.96. The van der Waals surface area contributed by atoms with Gasteiger partial charge in [-0.1, -0.05) is 17.7 Å². The molecule has 0 bridgehead atoms. The highest BCUT2D eigenvalue weighted by atomic mass is 35.5. The summed E-state index contributed by atoms with van der Waals surface area (Å²) in [5.41, 5.74) is 2.18. The van der Waals surface area contributed by atoms with Gasteiger partial charge in [0.25, 0.3) is 0 Å². The maximum Gasteiger partial charge on any atom is 0.228 e. The summed E-state index contributed by atoms with van der Waals surface area (Å²) in [6.07, 6.45) is 0.829. The fraction of sp³-hybridized carbons (Fsp3) is 0.500. The SMILES string of the molecule is COCCCNC(=O)C1CNCc2cc(Cl)ccc21. The Morgan fingerprint density at radius 1 is 1.58 bits per heavy atom. The Balaban J connectivity index is 2.00. The molecular weight excluding hydrogens is 264 g/mol. The highest BCUT2D eigenvalue weighted by Crippen LogP contribution is 2.26. The molecule has 1 amide bonds. The van der Waals surface area contributed by atoms with Gasteiger partial charge >= 0.3 is 0 Å². The van der Waals surface area contributed by atoms with Crippen LogP contribution in [0.5, 0.6) is 0 Å². The number of ether oxygens (including phenoxy) is 1. The van der Waals surface area contributed by atoms with Crippen molar-refractivity contribution in [1.82, 2.24) is 10.6 Å². The Bertz CT molecular complexity index is 451. The number of rotatable bonds is 5. The molecule has 19 heavy (non-hydrogen) atoms. The summed E-state index contributed by atoms with van der Waals surface area (Å²) in [6.45, 7) is 2.75. The molecule has 1 unspecified atom stereocenters. The average Bonchev–Trinajstić information content (AvgIpc) is 2.42. The Kier molecular flexibility index (Phi) is 5.19. The highest BCUT2D eigenvalue weighted by Gasteiger charge is 2.25. The number of hydrogen-bond acceptors (Lipinski definition) is 3. The van der Waals surface area contributed by atoms with E-state index in [9.17, 15) is 4.79 Å². The molecule has 1 heterocycles. The van der Waals surface area contributed by atoms with Gasteiger partial charge in [-0.3, -0.25) is 4.79 Å². The standard InChI is InChI=1S/C14H19ClN2O2/c1-19-6-2-5-17-14(18)13-9-16-8-10-7-11(15)3-4-12(10)13/h3-4,7,13,16H,2,5-6,8-9H2,1H3,(H,17,18). The number of fused-ring (bicyclic) bond motifs is 1. The van der Waals surface area contributed by atoms with Gasteiger partial charge in [-0.15, -0.1) is 0 Å². The third-order valence-corrected chi connectivity index (χ3v) is 3.52. The first-order valence-electron chi connectivity index (χ1n) is 6.48. The Morgan fingerprint density at radius 3 is 3.21 bits per heavy atom. The van der Waals surface area contributed by atoms with Crippen LogP contribution >= 0.6 is 11.6 Å². The van der Waals surface area contributed by atoms with Crippen LogP contribution < -0.4 is 10.6 Å². The van der Waals surface area contributed by atoms with Crippen molar-refractivity contribution in [1.29, 1.82) is 0 Å². The van der Waals surface area contributed by atoms with Gasteiger partial charge in [0, 0.05) is 38.4 Å². The van der Waals surface area contributed by atoms with Crippen LogP contribution in [-0.2, 0) is 16.1 Å². The van der Waals surface area contributed by atoms with Gasteiger partial charge in [-0.05, 0) is 29.7 Å². The fourth-order valence-corrected chi connectivity index (χ4v) is 2.51. The number of carbonyl (C=O) groups excluding carboxylic acids is 1. The van der Waals surface area contributed by atoms with Crippen LogP contribution in [0.4, 0.5) is 0 Å². The quantitative estimate of drug-likeness (QED) is 0.808. The molecule has 0 saturated carbocycles. The monoisotopic (exact) mass is 282 g/mol. The predicted molar refractivity (Wildman–Crippen MR) is 75.4 cm³/mol. The maximum atomic E-state index is 12.2. The lowest BCUT2D eigenvalue weighted by Gasteiger charge is -2.25. The molecule has 0 saturated heterocycles. The van der Waals surface area contributed by atoms with E-state index in [2.05, 4.69) is 10.6 Å². The second kappa shape index (κ2) is 6.89. The van der Waals surface area contributed by atoms with Crippen LogP contribution in [0.1, 0.15) is 23.5 Å². The van der Waals surface area contributed by atoms with E-state index in [0.29, 0.717) is 24.7 Å². The molecule has 1 atom stereocenters. The number of amides is 1. The number of methoxy groups -OCH3 is 1. The van der Waals surface area contributed by atoms with Crippen LogP contribution in [0.2, 0.25) is 5.02 Å². The number of halogens is 1. The zero-order valence-electron chi connectivity index (χ0n) is 11.0.